The van der Waals surface area contributed by atoms with Gasteiger partial charge in [-0.25, -0.2) is 0 Å². The van der Waals surface area contributed by atoms with Crippen LogP contribution in [0.25, 0.3) is 0 Å². The molecule has 5 nitrogen and oxygen atoms in total. The van der Waals surface area contributed by atoms with Gasteiger partial charge in [0.25, 0.3) is 0 Å². The van der Waals surface area contributed by atoms with Crippen LogP contribution in [0.3, 0.4) is 0 Å². The Labute approximate surface area is 187 Å². The quantitative estimate of drug-likeness (QED) is 0.232. The Balaban J connectivity index is 1.44. The molecule has 0 aromatic heterocycles. The molecule has 0 radical (unpaired) electrons. The van der Waals surface area contributed by atoms with Gasteiger partial charge >= 0.3 is 5.97 Å². The number of fused-ring (bicyclic) bond motifs is 2. The number of carbonyl (C=O) groups is 2. The van der Waals surface area contributed by atoms with Crippen LogP contribution in [0.5, 0.6) is 0 Å². The van der Waals surface area contributed by atoms with Gasteiger partial charge in [0, 0.05) is 30.7 Å². The van der Waals surface area contributed by atoms with Crippen molar-refractivity contribution in [3.8, 4) is 0 Å². The van der Waals surface area contributed by atoms with Crippen LogP contribution in [0.1, 0.15) is 90.4 Å². The summed E-state index contributed by atoms with van der Waals surface area (Å²) in [6, 6.07) is 0. The van der Waals surface area contributed by atoms with E-state index >= 15 is 0 Å². The Morgan fingerprint density at radius 2 is 1.77 bits per heavy atom. The topological polar surface area (TPSA) is 75.6 Å². The Morgan fingerprint density at radius 1 is 1.03 bits per heavy atom. The molecule has 2 aliphatic heterocycles. The van der Waals surface area contributed by atoms with Crippen LogP contribution in [0, 0.1) is 17.8 Å². The van der Waals surface area contributed by atoms with Gasteiger partial charge in [0.05, 0.1) is 12.2 Å². The van der Waals surface area contributed by atoms with Gasteiger partial charge in [0.2, 0.25) is 0 Å². The maximum absolute atomic E-state index is 12.6. The number of hydrogen-bond acceptors (Lipinski definition) is 4. The summed E-state index contributed by atoms with van der Waals surface area (Å²) < 4.78 is 6.23. The number of rotatable bonds is 13. The molecule has 1 aliphatic carbocycles. The molecule has 0 aromatic rings. The average Bonchev–Trinajstić information content (AvgIpc) is 3.38. The predicted octanol–water partition coefficient (Wildman–Crippen LogP) is 5.40. The van der Waals surface area contributed by atoms with Crippen LogP contribution < -0.4 is 5.32 Å². The first-order chi connectivity index (χ1) is 15.1. The molecule has 1 saturated carbocycles. The molecule has 4 atom stereocenters. The van der Waals surface area contributed by atoms with Crippen molar-refractivity contribution in [3.05, 3.63) is 23.9 Å². The van der Waals surface area contributed by atoms with Crippen molar-refractivity contribution in [2.75, 3.05) is 6.54 Å². The van der Waals surface area contributed by atoms with Crippen molar-refractivity contribution in [2.45, 2.75) is 103 Å². The lowest BCUT2D eigenvalue weighted by atomic mass is 9.76. The first-order valence-electron chi connectivity index (χ1n) is 12.6. The molecule has 2 N–H and O–H groups in total. The third-order valence-electron chi connectivity index (χ3n) is 7.46. The van der Waals surface area contributed by atoms with Crippen LogP contribution in [-0.2, 0) is 14.3 Å². The number of carboxylic acid groups (broad SMARTS) is 1. The second kappa shape index (κ2) is 12.4. The number of hydrogen-bond donors (Lipinski definition) is 2. The Hall–Kier alpha value is -1.62. The third kappa shape index (κ3) is 7.20. The highest BCUT2D eigenvalue weighted by Gasteiger charge is 2.47. The summed E-state index contributed by atoms with van der Waals surface area (Å²) in [7, 11) is 0. The Kier molecular flexibility index (Phi) is 9.63. The van der Waals surface area contributed by atoms with Crippen molar-refractivity contribution in [3.63, 3.8) is 0 Å². The molecular weight excluding hydrogens is 390 g/mol. The van der Waals surface area contributed by atoms with Crippen molar-refractivity contribution in [1.82, 2.24) is 5.32 Å². The minimum atomic E-state index is -0.719. The van der Waals surface area contributed by atoms with Gasteiger partial charge < -0.3 is 15.2 Å². The molecule has 0 unspecified atom stereocenters. The normalized spacial score (nSPS) is 29.0. The van der Waals surface area contributed by atoms with Gasteiger partial charge in [0.15, 0.2) is 5.78 Å². The van der Waals surface area contributed by atoms with Gasteiger partial charge in [-0.3, -0.25) is 9.59 Å². The van der Waals surface area contributed by atoms with Crippen molar-refractivity contribution >= 4 is 11.8 Å². The van der Waals surface area contributed by atoms with Crippen LogP contribution >= 0.6 is 0 Å². The first-order valence-corrected chi connectivity index (χ1v) is 12.6. The Morgan fingerprint density at radius 3 is 2.48 bits per heavy atom. The number of ether oxygens (including phenoxy) is 1. The molecule has 2 bridgehead atoms. The van der Waals surface area contributed by atoms with E-state index in [0.717, 1.165) is 50.8 Å². The highest BCUT2D eigenvalue weighted by molar-refractivity contribution is 5.92. The molecule has 3 aliphatic rings. The van der Waals surface area contributed by atoms with E-state index in [2.05, 4.69) is 24.4 Å². The summed E-state index contributed by atoms with van der Waals surface area (Å²) in [5.41, 5.74) is 1.08. The molecule has 3 fully saturated rings. The van der Waals surface area contributed by atoms with E-state index in [1.807, 2.05) is 6.08 Å². The van der Waals surface area contributed by atoms with Crippen molar-refractivity contribution < 1.29 is 19.4 Å². The van der Waals surface area contributed by atoms with Gasteiger partial charge in [-0.1, -0.05) is 38.3 Å². The summed E-state index contributed by atoms with van der Waals surface area (Å²) in [4.78, 5) is 23.2. The number of ketones is 1. The first kappa shape index (κ1) is 24.0. The largest absolute Gasteiger partial charge is 0.481 e. The molecule has 31 heavy (non-hydrogen) atoms. The number of carbonyl (C=O) groups excluding carboxylic acids is 1. The third-order valence-corrected chi connectivity index (χ3v) is 7.46. The van der Waals surface area contributed by atoms with Gasteiger partial charge in [-0.15, -0.1) is 0 Å². The van der Waals surface area contributed by atoms with Crippen LogP contribution in [-0.4, -0.2) is 35.6 Å². The zero-order chi connectivity index (χ0) is 22.1. The minimum Gasteiger partial charge on any atom is -0.481 e. The molecule has 2 saturated heterocycles. The fourth-order valence-corrected chi connectivity index (χ4v) is 5.69. The van der Waals surface area contributed by atoms with E-state index in [9.17, 15) is 9.59 Å². The molecule has 2 heterocycles. The lowest BCUT2D eigenvalue weighted by molar-refractivity contribution is -0.137. The van der Waals surface area contributed by atoms with Crippen LogP contribution in [0.15, 0.2) is 23.9 Å². The summed E-state index contributed by atoms with van der Waals surface area (Å²) in [5, 5.41) is 12.3. The van der Waals surface area contributed by atoms with E-state index in [-0.39, 0.29) is 12.3 Å². The van der Waals surface area contributed by atoms with Gasteiger partial charge in [-0.2, -0.15) is 0 Å². The second-order valence-electron chi connectivity index (χ2n) is 9.59. The smallest absolute Gasteiger partial charge is 0.303 e. The molecule has 0 spiro atoms. The molecule has 0 aromatic carbocycles. The van der Waals surface area contributed by atoms with E-state index in [0.29, 0.717) is 36.2 Å². The lowest BCUT2D eigenvalue weighted by Crippen LogP contribution is -2.30. The lowest BCUT2D eigenvalue weighted by Gasteiger charge is -2.27. The summed E-state index contributed by atoms with van der Waals surface area (Å²) in [6.07, 6.45) is 19.9. The van der Waals surface area contributed by atoms with Crippen molar-refractivity contribution in [2.24, 2.45) is 17.8 Å². The number of aliphatic carboxylic acids is 1. The van der Waals surface area contributed by atoms with E-state index in [1.165, 1.54) is 32.1 Å². The molecule has 0 amide bonds. The predicted molar refractivity (Wildman–Crippen MR) is 123 cm³/mol. The second-order valence-corrected chi connectivity index (χ2v) is 9.59. The summed E-state index contributed by atoms with van der Waals surface area (Å²) >= 11 is 0. The fraction of sp³-hybridized carbons (Fsp3) is 0.769. The highest BCUT2D eigenvalue weighted by atomic mass is 16.5. The van der Waals surface area contributed by atoms with E-state index < -0.39 is 5.97 Å². The molecule has 174 valence electrons. The van der Waals surface area contributed by atoms with Crippen LogP contribution in [0.2, 0.25) is 0 Å². The SMILES string of the molecule is CCC(=CC(=O)C1CCCCC1)NCC[C@@H]1[C@H](C/C=C\CCCC(=O)O)[C@@H]2CC[C@H]1O2. The zero-order valence-corrected chi connectivity index (χ0v) is 19.2. The summed E-state index contributed by atoms with van der Waals surface area (Å²) in [5.74, 6) is 0.973. The number of unbranched alkanes of at least 4 members (excludes halogenated alkanes) is 1. The Bertz CT molecular complexity index is 650. The van der Waals surface area contributed by atoms with Crippen molar-refractivity contribution in [1.29, 1.82) is 0 Å². The zero-order valence-electron chi connectivity index (χ0n) is 19.2. The number of carboxylic acids is 1. The van der Waals surface area contributed by atoms with Crippen LogP contribution in [0.4, 0.5) is 0 Å². The maximum Gasteiger partial charge on any atom is 0.303 e. The van der Waals surface area contributed by atoms with Gasteiger partial charge in [-0.05, 0) is 69.6 Å². The molecule has 3 rings (SSSR count). The van der Waals surface area contributed by atoms with Gasteiger partial charge in [0.1, 0.15) is 0 Å². The monoisotopic (exact) mass is 431 g/mol. The standard InChI is InChI=1S/C26H41NO4/c1-2-20(18-23(28)19-10-6-5-7-11-19)27-17-16-22-21(24-14-15-25(22)31-24)12-8-3-4-9-13-26(29)30/h3,8,18-19,21-22,24-25,27H,2,4-7,9-17H2,1H3,(H,29,30)/b8-3-,20-18?/t21-,22+,24-,25+/m0/s1. The maximum atomic E-state index is 12.6. The molecular formula is C26H41NO4. The van der Waals surface area contributed by atoms with E-state index in [4.69, 9.17) is 9.84 Å². The van der Waals surface area contributed by atoms with E-state index in [1.54, 1.807) is 0 Å². The highest BCUT2D eigenvalue weighted by Crippen LogP contribution is 2.46. The number of allylic oxidation sites excluding steroid dienone is 4. The molecule has 5 heteroatoms. The minimum absolute atomic E-state index is 0.239. The average molecular weight is 432 g/mol. The summed E-state index contributed by atoms with van der Waals surface area (Å²) in [6.45, 7) is 3.01. The number of nitrogens with one attached hydrogen (secondary N) is 1. The fourth-order valence-electron chi connectivity index (χ4n) is 5.69.